The van der Waals surface area contributed by atoms with Crippen molar-refractivity contribution in [3.63, 3.8) is 0 Å². The lowest BCUT2D eigenvalue weighted by Crippen LogP contribution is -2.38. The first-order chi connectivity index (χ1) is 13.9. The summed E-state index contributed by atoms with van der Waals surface area (Å²) in [4.78, 5) is 8.26. The maximum atomic E-state index is 13.2. The molecule has 2 aromatic heterocycles. The molecule has 0 saturated carbocycles. The number of hydrogen-bond acceptors (Lipinski definition) is 4. The number of hydrogen-bond donors (Lipinski definition) is 3. The standard InChI is InChI=1S/C18H18F4N6O.HI/c1-23-17(25-10-11-4-5-12(19)9-13(11)18(20,21)22)24-7-6-15-26-16(28-27-15)14-3-2-8-29-14;/h2-5,8-9H,6-7,10H2,1H3,(H2,23,24,25)(H,26,27,28);1H. The van der Waals surface area contributed by atoms with E-state index in [1.54, 1.807) is 12.1 Å². The Hall–Kier alpha value is -2.64. The number of furan rings is 1. The first-order valence-corrected chi connectivity index (χ1v) is 8.62. The monoisotopic (exact) mass is 538 g/mol. The van der Waals surface area contributed by atoms with Gasteiger partial charge in [-0.05, 0) is 29.8 Å². The molecule has 0 aliphatic rings. The summed E-state index contributed by atoms with van der Waals surface area (Å²) >= 11 is 0. The minimum Gasteiger partial charge on any atom is -0.461 e. The van der Waals surface area contributed by atoms with Crippen molar-refractivity contribution in [3.05, 3.63) is 59.4 Å². The number of H-pyrrole nitrogens is 1. The zero-order valence-electron chi connectivity index (χ0n) is 15.8. The van der Waals surface area contributed by atoms with Crippen LogP contribution in [-0.4, -0.2) is 34.7 Å². The average Bonchev–Trinajstić information content (AvgIpc) is 3.36. The fourth-order valence-corrected chi connectivity index (χ4v) is 2.59. The van der Waals surface area contributed by atoms with E-state index < -0.39 is 17.6 Å². The van der Waals surface area contributed by atoms with Crippen LogP contribution in [0.15, 0.2) is 46.0 Å². The Balaban J connectivity index is 0.00000320. The molecule has 0 amide bonds. The van der Waals surface area contributed by atoms with Gasteiger partial charge >= 0.3 is 6.18 Å². The Kier molecular flexibility index (Phi) is 8.20. The average molecular weight is 538 g/mol. The van der Waals surface area contributed by atoms with Crippen molar-refractivity contribution in [2.24, 2.45) is 4.99 Å². The van der Waals surface area contributed by atoms with E-state index >= 15 is 0 Å². The maximum absolute atomic E-state index is 13.2. The normalized spacial score (nSPS) is 11.8. The quantitative estimate of drug-likeness (QED) is 0.193. The molecular weight excluding hydrogens is 519 g/mol. The summed E-state index contributed by atoms with van der Waals surface area (Å²) in [5.74, 6) is 0.941. The molecule has 162 valence electrons. The molecule has 3 N–H and O–H groups in total. The van der Waals surface area contributed by atoms with E-state index in [2.05, 4.69) is 30.8 Å². The largest absolute Gasteiger partial charge is 0.461 e. The number of halogens is 5. The van der Waals surface area contributed by atoms with Gasteiger partial charge in [-0.25, -0.2) is 9.37 Å². The highest BCUT2D eigenvalue weighted by Gasteiger charge is 2.33. The molecule has 7 nitrogen and oxygen atoms in total. The van der Waals surface area contributed by atoms with Gasteiger partial charge in [-0.15, -0.1) is 24.0 Å². The van der Waals surface area contributed by atoms with Gasteiger partial charge in [0.1, 0.15) is 11.6 Å². The third kappa shape index (κ3) is 6.18. The Morgan fingerprint density at radius 3 is 2.70 bits per heavy atom. The van der Waals surface area contributed by atoms with Crippen LogP contribution in [0.3, 0.4) is 0 Å². The van der Waals surface area contributed by atoms with Crippen molar-refractivity contribution < 1.29 is 22.0 Å². The van der Waals surface area contributed by atoms with Gasteiger partial charge < -0.3 is 15.1 Å². The van der Waals surface area contributed by atoms with Crippen molar-refractivity contribution in [1.82, 2.24) is 25.8 Å². The minimum absolute atomic E-state index is 0. The number of alkyl halides is 3. The number of aliphatic imine (C=N–C) groups is 1. The van der Waals surface area contributed by atoms with Crippen molar-refractivity contribution in [2.45, 2.75) is 19.1 Å². The number of guanidine groups is 1. The smallest absolute Gasteiger partial charge is 0.416 e. The molecule has 0 aliphatic carbocycles. The molecular formula is C18H19F4IN6O. The number of aromatic nitrogens is 3. The van der Waals surface area contributed by atoms with E-state index in [4.69, 9.17) is 4.42 Å². The van der Waals surface area contributed by atoms with Crippen LogP contribution in [0.1, 0.15) is 17.0 Å². The highest BCUT2D eigenvalue weighted by atomic mass is 127. The Bertz CT molecular complexity index is 971. The van der Waals surface area contributed by atoms with E-state index in [1.807, 2.05) is 0 Å². The first-order valence-electron chi connectivity index (χ1n) is 8.62. The Morgan fingerprint density at radius 1 is 1.23 bits per heavy atom. The molecule has 1 aromatic carbocycles. The van der Waals surface area contributed by atoms with Gasteiger partial charge in [0.15, 0.2) is 11.7 Å². The molecule has 0 fully saturated rings. The van der Waals surface area contributed by atoms with Crippen LogP contribution in [0.25, 0.3) is 11.6 Å². The van der Waals surface area contributed by atoms with Gasteiger partial charge in [0.2, 0.25) is 5.82 Å². The third-order valence-electron chi connectivity index (χ3n) is 3.97. The first kappa shape index (κ1) is 23.6. The molecule has 3 aromatic rings. The van der Waals surface area contributed by atoms with Crippen LogP contribution >= 0.6 is 24.0 Å². The second kappa shape index (κ2) is 10.4. The number of nitrogens with one attached hydrogen (secondary N) is 3. The maximum Gasteiger partial charge on any atom is 0.416 e. The zero-order valence-corrected chi connectivity index (χ0v) is 18.1. The molecule has 0 radical (unpaired) electrons. The lowest BCUT2D eigenvalue weighted by atomic mass is 10.1. The molecule has 0 unspecified atom stereocenters. The van der Waals surface area contributed by atoms with Crippen LogP contribution in [0.5, 0.6) is 0 Å². The van der Waals surface area contributed by atoms with Gasteiger partial charge in [-0.3, -0.25) is 10.1 Å². The van der Waals surface area contributed by atoms with Gasteiger partial charge in [-0.1, -0.05) is 6.07 Å². The summed E-state index contributed by atoms with van der Waals surface area (Å²) in [6.45, 7) is 0.238. The van der Waals surface area contributed by atoms with E-state index in [0.29, 0.717) is 42.4 Å². The Labute approximate surface area is 186 Å². The SMILES string of the molecule is CN=C(NCCc1nc(-c2ccco2)n[nH]1)NCc1ccc(F)cc1C(F)(F)F.I. The van der Waals surface area contributed by atoms with Gasteiger partial charge in [-0.2, -0.15) is 18.3 Å². The van der Waals surface area contributed by atoms with Crippen LogP contribution in [0.4, 0.5) is 17.6 Å². The van der Waals surface area contributed by atoms with Crippen LogP contribution in [0.2, 0.25) is 0 Å². The molecule has 30 heavy (non-hydrogen) atoms. The molecule has 2 heterocycles. The van der Waals surface area contributed by atoms with Gasteiger partial charge in [0, 0.05) is 26.6 Å². The summed E-state index contributed by atoms with van der Waals surface area (Å²) in [6.07, 6.45) is -2.65. The van der Waals surface area contributed by atoms with Crippen LogP contribution in [0, 0.1) is 5.82 Å². The molecule has 0 saturated heterocycles. The lowest BCUT2D eigenvalue weighted by Gasteiger charge is -2.15. The molecule has 0 aliphatic heterocycles. The summed E-state index contributed by atoms with van der Waals surface area (Å²) in [5, 5.41) is 12.6. The summed E-state index contributed by atoms with van der Waals surface area (Å²) in [7, 11) is 1.49. The summed E-state index contributed by atoms with van der Waals surface area (Å²) in [6, 6.07) is 6.04. The third-order valence-corrected chi connectivity index (χ3v) is 3.97. The second-order valence-corrected chi connectivity index (χ2v) is 5.98. The van der Waals surface area contributed by atoms with E-state index in [9.17, 15) is 17.6 Å². The molecule has 0 bridgehead atoms. The highest BCUT2D eigenvalue weighted by Crippen LogP contribution is 2.32. The lowest BCUT2D eigenvalue weighted by molar-refractivity contribution is -0.138. The van der Waals surface area contributed by atoms with E-state index in [1.165, 1.54) is 13.3 Å². The van der Waals surface area contributed by atoms with Crippen molar-refractivity contribution >= 4 is 29.9 Å². The van der Waals surface area contributed by atoms with Crippen molar-refractivity contribution in [1.29, 1.82) is 0 Å². The molecule has 0 atom stereocenters. The fourth-order valence-electron chi connectivity index (χ4n) is 2.59. The topological polar surface area (TPSA) is 91.1 Å². The predicted octanol–water partition coefficient (Wildman–Crippen LogP) is 3.75. The number of aromatic amines is 1. The Morgan fingerprint density at radius 2 is 2.03 bits per heavy atom. The zero-order chi connectivity index (χ0) is 20.9. The molecule has 3 rings (SSSR count). The van der Waals surface area contributed by atoms with Crippen LogP contribution in [-0.2, 0) is 19.1 Å². The molecule has 12 heteroatoms. The minimum atomic E-state index is -4.64. The van der Waals surface area contributed by atoms with E-state index in [-0.39, 0.29) is 36.1 Å². The summed E-state index contributed by atoms with van der Waals surface area (Å²) < 4.78 is 57.6. The fraction of sp³-hybridized carbons (Fsp3) is 0.278. The highest BCUT2D eigenvalue weighted by molar-refractivity contribution is 14.0. The number of benzene rings is 1. The number of nitrogens with zero attached hydrogens (tertiary/aromatic N) is 3. The molecule has 0 spiro atoms. The van der Waals surface area contributed by atoms with Gasteiger partial charge in [0.25, 0.3) is 0 Å². The van der Waals surface area contributed by atoms with Crippen LogP contribution < -0.4 is 10.6 Å². The predicted molar refractivity (Wildman–Crippen MR) is 113 cm³/mol. The number of rotatable bonds is 6. The van der Waals surface area contributed by atoms with E-state index in [0.717, 1.165) is 12.1 Å². The summed E-state index contributed by atoms with van der Waals surface area (Å²) in [5.41, 5.74) is -1.10. The van der Waals surface area contributed by atoms with Crippen molar-refractivity contribution in [3.8, 4) is 11.6 Å². The van der Waals surface area contributed by atoms with Gasteiger partial charge in [0.05, 0.1) is 11.8 Å². The second-order valence-electron chi connectivity index (χ2n) is 5.98. The van der Waals surface area contributed by atoms with Crippen molar-refractivity contribution in [2.75, 3.05) is 13.6 Å².